The van der Waals surface area contributed by atoms with Crippen molar-refractivity contribution < 1.29 is 8.42 Å². The van der Waals surface area contributed by atoms with Gasteiger partial charge >= 0.3 is 0 Å². The van der Waals surface area contributed by atoms with E-state index >= 15 is 0 Å². The lowest BCUT2D eigenvalue weighted by atomic mass is 9.89. The molecule has 0 aromatic carbocycles. The molecule has 21 heavy (non-hydrogen) atoms. The molecular weight excluding hydrogens is 286 g/mol. The number of pyridine rings is 1. The number of rotatable bonds is 6. The Morgan fingerprint density at radius 1 is 1.29 bits per heavy atom. The smallest absolute Gasteiger partial charge is 0.258 e. The lowest BCUT2D eigenvalue weighted by Crippen LogP contribution is -2.32. The van der Waals surface area contributed by atoms with Gasteiger partial charge in [-0.1, -0.05) is 12.5 Å². The second-order valence-corrected chi connectivity index (χ2v) is 8.04. The molecule has 6 heteroatoms. The summed E-state index contributed by atoms with van der Waals surface area (Å²) in [6.07, 6.45) is 6.70. The summed E-state index contributed by atoms with van der Waals surface area (Å²) >= 11 is 0. The van der Waals surface area contributed by atoms with Gasteiger partial charge in [0.2, 0.25) is 0 Å². The minimum absolute atomic E-state index is 0.116. The van der Waals surface area contributed by atoms with Crippen LogP contribution in [0.5, 0.6) is 0 Å². The third-order valence-electron chi connectivity index (χ3n) is 4.87. The Morgan fingerprint density at radius 3 is 2.71 bits per heavy atom. The van der Waals surface area contributed by atoms with E-state index in [2.05, 4.69) is 15.0 Å². The Balaban J connectivity index is 1.61. The molecule has 1 aromatic heterocycles. The molecule has 0 amide bonds. The van der Waals surface area contributed by atoms with Crippen LogP contribution in [0.1, 0.15) is 31.2 Å². The third-order valence-corrected chi connectivity index (χ3v) is 6.21. The molecule has 0 radical (unpaired) electrons. The molecule has 3 rings (SSSR count). The van der Waals surface area contributed by atoms with Gasteiger partial charge in [0.1, 0.15) is 0 Å². The van der Waals surface area contributed by atoms with Crippen LogP contribution in [-0.2, 0) is 16.6 Å². The molecule has 3 atom stereocenters. The highest BCUT2D eigenvalue weighted by Gasteiger charge is 2.39. The summed E-state index contributed by atoms with van der Waals surface area (Å²) in [5.74, 6) is 2.08. The molecule has 1 heterocycles. The first-order valence-electron chi connectivity index (χ1n) is 7.67. The molecule has 0 saturated heterocycles. The van der Waals surface area contributed by atoms with E-state index < -0.39 is 10.0 Å². The van der Waals surface area contributed by atoms with Crippen LogP contribution in [0.4, 0.5) is 0 Å². The SMILES string of the molecule is CNCc1ccc(S(=O)(=O)NCC2CC3CCC2C3)nc1. The molecule has 116 valence electrons. The number of hydrogen-bond acceptors (Lipinski definition) is 4. The molecule has 5 nitrogen and oxygen atoms in total. The highest BCUT2D eigenvalue weighted by Crippen LogP contribution is 2.47. The Bertz CT molecular complexity index is 585. The minimum Gasteiger partial charge on any atom is -0.316 e. The topological polar surface area (TPSA) is 71.1 Å². The summed E-state index contributed by atoms with van der Waals surface area (Å²) in [6, 6.07) is 3.38. The second kappa shape index (κ2) is 6.02. The number of hydrogen-bond donors (Lipinski definition) is 2. The Labute approximate surface area is 126 Å². The molecule has 2 fully saturated rings. The highest BCUT2D eigenvalue weighted by molar-refractivity contribution is 7.89. The Kier molecular flexibility index (Phi) is 4.28. The van der Waals surface area contributed by atoms with Crippen LogP contribution in [-0.4, -0.2) is 27.0 Å². The van der Waals surface area contributed by atoms with Gasteiger partial charge in [-0.25, -0.2) is 18.1 Å². The van der Waals surface area contributed by atoms with Crippen molar-refractivity contribution in [3.8, 4) is 0 Å². The summed E-state index contributed by atoms with van der Waals surface area (Å²) in [5.41, 5.74) is 0.976. The molecule has 0 aliphatic heterocycles. The summed E-state index contributed by atoms with van der Waals surface area (Å²) < 4.78 is 27.3. The standard InChI is InChI=1S/C15H23N3O2S/c1-16-8-12-3-5-15(17-9-12)21(19,20)18-10-14-7-11-2-4-13(14)6-11/h3,5,9,11,13-14,16,18H,2,4,6-8,10H2,1H3. The summed E-state index contributed by atoms with van der Waals surface area (Å²) in [6.45, 7) is 1.25. The van der Waals surface area contributed by atoms with Crippen LogP contribution in [0.3, 0.4) is 0 Å². The van der Waals surface area contributed by atoms with Crippen molar-refractivity contribution in [3.05, 3.63) is 23.9 Å². The zero-order valence-corrected chi connectivity index (χ0v) is 13.2. The van der Waals surface area contributed by atoms with E-state index in [9.17, 15) is 8.42 Å². The molecule has 2 bridgehead atoms. The van der Waals surface area contributed by atoms with E-state index in [1.54, 1.807) is 18.3 Å². The van der Waals surface area contributed by atoms with Crippen molar-refractivity contribution in [2.24, 2.45) is 17.8 Å². The van der Waals surface area contributed by atoms with E-state index in [1.165, 1.54) is 25.7 Å². The average molecular weight is 309 g/mol. The van der Waals surface area contributed by atoms with Gasteiger partial charge in [0.05, 0.1) is 0 Å². The van der Waals surface area contributed by atoms with Crippen molar-refractivity contribution in [2.75, 3.05) is 13.6 Å². The third kappa shape index (κ3) is 3.27. The van der Waals surface area contributed by atoms with Gasteiger partial charge in [0.15, 0.2) is 5.03 Å². The molecule has 1 aromatic rings. The van der Waals surface area contributed by atoms with Crippen molar-refractivity contribution in [1.82, 2.24) is 15.0 Å². The van der Waals surface area contributed by atoms with Gasteiger partial charge in [0.25, 0.3) is 10.0 Å². The predicted octanol–water partition coefficient (Wildman–Crippen LogP) is 1.52. The maximum Gasteiger partial charge on any atom is 0.258 e. The van der Waals surface area contributed by atoms with Gasteiger partial charge in [-0.05, 0) is 55.7 Å². The second-order valence-electron chi connectivity index (χ2n) is 6.32. The molecule has 0 spiro atoms. The van der Waals surface area contributed by atoms with Crippen LogP contribution < -0.4 is 10.0 Å². The van der Waals surface area contributed by atoms with E-state index in [0.717, 1.165) is 17.4 Å². The summed E-state index contributed by atoms with van der Waals surface area (Å²) in [5, 5.41) is 3.13. The van der Waals surface area contributed by atoms with Gasteiger partial charge < -0.3 is 5.32 Å². The van der Waals surface area contributed by atoms with Crippen molar-refractivity contribution >= 4 is 10.0 Å². The van der Waals surface area contributed by atoms with E-state index in [-0.39, 0.29) is 5.03 Å². The van der Waals surface area contributed by atoms with Gasteiger partial charge in [-0.3, -0.25) is 0 Å². The molecule has 2 aliphatic rings. The van der Waals surface area contributed by atoms with Crippen molar-refractivity contribution in [2.45, 2.75) is 37.3 Å². The highest BCUT2D eigenvalue weighted by atomic mass is 32.2. The fourth-order valence-electron chi connectivity index (χ4n) is 3.80. The average Bonchev–Trinajstić information content (AvgIpc) is 3.09. The van der Waals surface area contributed by atoms with Gasteiger partial charge in [-0.2, -0.15) is 0 Å². The lowest BCUT2D eigenvalue weighted by Gasteiger charge is -2.21. The molecule has 2 N–H and O–H groups in total. The molecular formula is C15H23N3O2S. The summed E-state index contributed by atoms with van der Waals surface area (Å²) in [7, 11) is -1.63. The summed E-state index contributed by atoms with van der Waals surface area (Å²) in [4.78, 5) is 4.07. The van der Waals surface area contributed by atoms with Crippen LogP contribution >= 0.6 is 0 Å². The van der Waals surface area contributed by atoms with Gasteiger partial charge in [-0.15, -0.1) is 0 Å². The van der Waals surface area contributed by atoms with E-state index in [0.29, 0.717) is 19.0 Å². The fraction of sp³-hybridized carbons (Fsp3) is 0.667. The lowest BCUT2D eigenvalue weighted by molar-refractivity contribution is 0.332. The predicted molar refractivity (Wildman–Crippen MR) is 81.1 cm³/mol. The van der Waals surface area contributed by atoms with Crippen LogP contribution in [0, 0.1) is 17.8 Å². The molecule has 3 unspecified atom stereocenters. The monoisotopic (exact) mass is 309 g/mol. The van der Waals surface area contributed by atoms with Crippen molar-refractivity contribution in [1.29, 1.82) is 0 Å². The Hall–Kier alpha value is -0.980. The zero-order valence-electron chi connectivity index (χ0n) is 12.4. The molecule has 2 saturated carbocycles. The fourth-order valence-corrected chi connectivity index (χ4v) is 4.82. The van der Waals surface area contributed by atoms with Crippen molar-refractivity contribution in [3.63, 3.8) is 0 Å². The van der Waals surface area contributed by atoms with Gasteiger partial charge in [0, 0.05) is 19.3 Å². The van der Waals surface area contributed by atoms with Crippen LogP contribution in [0.25, 0.3) is 0 Å². The first-order valence-corrected chi connectivity index (χ1v) is 9.16. The van der Waals surface area contributed by atoms with E-state index in [4.69, 9.17) is 0 Å². The number of nitrogens with zero attached hydrogens (tertiary/aromatic N) is 1. The number of nitrogens with one attached hydrogen (secondary N) is 2. The number of sulfonamides is 1. The quantitative estimate of drug-likeness (QED) is 0.836. The van der Waals surface area contributed by atoms with Crippen LogP contribution in [0.15, 0.2) is 23.4 Å². The largest absolute Gasteiger partial charge is 0.316 e. The molecule has 2 aliphatic carbocycles. The first-order chi connectivity index (χ1) is 10.1. The van der Waals surface area contributed by atoms with Crippen LogP contribution in [0.2, 0.25) is 0 Å². The maximum atomic E-state index is 12.3. The zero-order chi connectivity index (χ0) is 14.9. The van der Waals surface area contributed by atoms with E-state index in [1.807, 2.05) is 7.05 Å². The number of fused-ring (bicyclic) bond motifs is 2. The minimum atomic E-state index is -3.48. The Morgan fingerprint density at radius 2 is 2.14 bits per heavy atom. The normalized spacial score (nSPS) is 28.1. The number of aromatic nitrogens is 1. The maximum absolute atomic E-state index is 12.3. The first kappa shape index (κ1) is 14.9.